The number of benzene rings is 1. The van der Waals surface area contributed by atoms with E-state index in [4.69, 9.17) is 14.6 Å². The largest absolute Gasteiger partial charge is 0.486 e. The number of aryl methyl sites for hydroxylation is 1. The van der Waals surface area contributed by atoms with Gasteiger partial charge in [-0.25, -0.2) is 0 Å². The summed E-state index contributed by atoms with van der Waals surface area (Å²) in [6, 6.07) is 2.11. The highest BCUT2D eigenvalue weighted by atomic mass is 16.6. The predicted molar refractivity (Wildman–Crippen MR) is 73.4 cm³/mol. The number of carboxylic acids is 1. The highest BCUT2D eigenvalue weighted by Gasteiger charge is 2.33. The lowest BCUT2D eigenvalue weighted by Gasteiger charge is -2.26. The van der Waals surface area contributed by atoms with E-state index in [9.17, 15) is 4.79 Å². The number of nitrogens with one attached hydrogen (secondary N) is 1. The number of ether oxygens (including phenoxy) is 2. The van der Waals surface area contributed by atoms with Crippen molar-refractivity contribution >= 4 is 5.97 Å². The number of hydrogen-bond acceptors (Lipinski definition) is 4. The summed E-state index contributed by atoms with van der Waals surface area (Å²) in [6.07, 6.45) is 0.591. The van der Waals surface area contributed by atoms with Gasteiger partial charge in [0.25, 0.3) is 0 Å². The van der Waals surface area contributed by atoms with Crippen LogP contribution >= 0.6 is 0 Å². The van der Waals surface area contributed by atoms with Crippen LogP contribution in [-0.2, 0) is 4.79 Å². The number of hydrogen-bond donors (Lipinski definition) is 2. The molecule has 3 rings (SSSR count). The lowest BCUT2D eigenvalue weighted by molar-refractivity contribution is -0.141. The Kier molecular flexibility index (Phi) is 3.30. The molecule has 0 amide bonds. The summed E-state index contributed by atoms with van der Waals surface area (Å²) in [5.41, 5.74) is 3.26. The molecule has 2 N–H and O–H groups in total. The van der Waals surface area contributed by atoms with Gasteiger partial charge in [0.1, 0.15) is 13.2 Å². The van der Waals surface area contributed by atoms with Gasteiger partial charge in [0.05, 0.1) is 5.92 Å². The second-order valence-electron chi connectivity index (χ2n) is 5.49. The van der Waals surface area contributed by atoms with Crippen molar-refractivity contribution < 1.29 is 19.4 Å². The first-order valence-corrected chi connectivity index (χ1v) is 6.94. The second-order valence-corrected chi connectivity index (χ2v) is 5.49. The van der Waals surface area contributed by atoms with E-state index in [0.717, 1.165) is 28.2 Å². The van der Waals surface area contributed by atoms with Gasteiger partial charge < -0.3 is 19.9 Å². The van der Waals surface area contributed by atoms with Crippen molar-refractivity contribution in [3.8, 4) is 11.5 Å². The number of rotatable bonds is 2. The molecule has 2 aliphatic heterocycles. The van der Waals surface area contributed by atoms with E-state index in [1.807, 2.05) is 13.8 Å². The minimum Gasteiger partial charge on any atom is -0.486 e. The second kappa shape index (κ2) is 4.98. The van der Waals surface area contributed by atoms with Crippen molar-refractivity contribution in [2.24, 2.45) is 5.92 Å². The highest BCUT2D eigenvalue weighted by Crippen LogP contribution is 2.43. The van der Waals surface area contributed by atoms with Crippen LogP contribution in [0.2, 0.25) is 0 Å². The molecule has 2 aliphatic rings. The van der Waals surface area contributed by atoms with Gasteiger partial charge in [0, 0.05) is 18.2 Å². The Morgan fingerprint density at radius 3 is 2.65 bits per heavy atom. The Morgan fingerprint density at radius 1 is 1.30 bits per heavy atom. The van der Waals surface area contributed by atoms with Crippen LogP contribution in [0.4, 0.5) is 0 Å². The summed E-state index contributed by atoms with van der Waals surface area (Å²) in [6.45, 7) is 5.67. The maximum absolute atomic E-state index is 11.1. The number of carbonyl (C=O) groups is 1. The Bertz CT molecular complexity index is 555. The van der Waals surface area contributed by atoms with Gasteiger partial charge in [0.15, 0.2) is 11.5 Å². The van der Waals surface area contributed by atoms with Crippen molar-refractivity contribution in [2.75, 3.05) is 19.8 Å². The van der Waals surface area contributed by atoms with E-state index < -0.39 is 5.97 Å². The average molecular weight is 277 g/mol. The van der Waals surface area contributed by atoms with Crippen LogP contribution in [0.25, 0.3) is 0 Å². The van der Waals surface area contributed by atoms with Crippen molar-refractivity contribution in [3.63, 3.8) is 0 Å². The van der Waals surface area contributed by atoms with E-state index in [2.05, 4.69) is 11.4 Å². The summed E-state index contributed by atoms with van der Waals surface area (Å²) in [5, 5.41) is 12.4. The zero-order chi connectivity index (χ0) is 14.3. The van der Waals surface area contributed by atoms with Crippen LogP contribution in [-0.4, -0.2) is 30.8 Å². The van der Waals surface area contributed by atoms with Crippen LogP contribution < -0.4 is 14.8 Å². The van der Waals surface area contributed by atoms with Crippen molar-refractivity contribution in [3.05, 3.63) is 22.8 Å². The average Bonchev–Trinajstić information content (AvgIpc) is 2.93. The quantitative estimate of drug-likeness (QED) is 0.863. The molecule has 0 saturated carbocycles. The van der Waals surface area contributed by atoms with E-state index in [1.165, 1.54) is 0 Å². The molecule has 5 heteroatoms. The Labute approximate surface area is 117 Å². The maximum atomic E-state index is 11.1. The molecule has 0 radical (unpaired) electrons. The van der Waals surface area contributed by atoms with E-state index in [0.29, 0.717) is 26.2 Å². The molecule has 0 aliphatic carbocycles. The van der Waals surface area contributed by atoms with E-state index >= 15 is 0 Å². The Hall–Kier alpha value is -1.75. The Morgan fingerprint density at radius 2 is 2.00 bits per heavy atom. The third-order valence-electron chi connectivity index (χ3n) is 4.20. The van der Waals surface area contributed by atoms with Gasteiger partial charge >= 0.3 is 5.97 Å². The molecule has 2 unspecified atom stereocenters. The topological polar surface area (TPSA) is 67.8 Å². The standard InChI is InChI=1S/C15H19NO4/c1-8-5-11(12-6-10(7-16-12)15(17)18)14-13(9(8)2)19-3-4-20-14/h5,10,12,16H,3-4,6-7H2,1-2H3,(H,17,18). The summed E-state index contributed by atoms with van der Waals surface area (Å²) >= 11 is 0. The van der Waals surface area contributed by atoms with E-state index in [1.54, 1.807) is 0 Å². The van der Waals surface area contributed by atoms with Crippen molar-refractivity contribution in [1.29, 1.82) is 0 Å². The van der Waals surface area contributed by atoms with Gasteiger partial charge in [0.2, 0.25) is 0 Å². The van der Waals surface area contributed by atoms with Crippen LogP contribution in [0, 0.1) is 19.8 Å². The molecule has 1 aromatic carbocycles. The molecule has 108 valence electrons. The molecule has 0 bridgehead atoms. The monoisotopic (exact) mass is 277 g/mol. The van der Waals surface area contributed by atoms with Crippen LogP contribution in [0.15, 0.2) is 6.07 Å². The first-order chi connectivity index (χ1) is 9.58. The van der Waals surface area contributed by atoms with Crippen molar-refractivity contribution in [2.45, 2.75) is 26.3 Å². The van der Waals surface area contributed by atoms with Crippen LogP contribution in [0.1, 0.15) is 29.2 Å². The van der Waals surface area contributed by atoms with E-state index in [-0.39, 0.29) is 12.0 Å². The molecular formula is C15H19NO4. The normalized spacial score (nSPS) is 24.7. The van der Waals surface area contributed by atoms with Gasteiger partial charge in [-0.05, 0) is 31.4 Å². The summed E-state index contributed by atoms with van der Waals surface area (Å²) in [4.78, 5) is 11.1. The zero-order valence-electron chi connectivity index (χ0n) is 11.7. The minimum atomic E-state index is -0.741. The van der Waals surface area contributed by atoms with Crippen LogP contribution in [0.5, 0.6) is 11.5 Å². The lowest BCUT2D eigenvalue weighted by Crippen LogP contribution is -2.21. The van der Waals surface area contributed by atoms with Crippen LogP contribution in [0.3, 0.4) is 0 Å². The molecular weight excluding hydrogens is 258 g/mol. The fraction of sp³-hybridized carbons (Fsp3) is 0.533. The number of fused-ring (bicyclic) bond motifs is 1. The van der Waals surface area contributed by atoms with Gasteiger partial charge in [-0.3, -0.25) is 4.79 Å². The fourth-order valence-electron chi connectivity index (χ4n) is 2.92. The molecule has 5 nitrogen and oxygen atoms in total. The molecule has 2 heterocycles. The molecule has 1 fully saturated rings. The third kappa shape index (κ3) is 2.12. The Balaban J connectivity index is 1.98. The van der Waals surface area contributed by atoms with Crippen molar-refractivity contribution in [1.82, 2.24) is 5.32 Å². The molecule has 0 aromatic heterocycles. The summed E-state index contributed by atoms with van der Waals surface area (Å²) in [7, 11) is 0. The third-order valence-corrected chi connectivity index (χ3v) is 4.20. The molecule has 2 atom stereocenters. The molecule has 1 aromatic rings. The molecule has 0 spiro atoms. The minimum absolute atomic E-state index is 0.0193. The molecule has 1 saturated heterocycles. The zero-order valence-corrected chi connectivity index (χ0v) is 11.7. The van der Waals surface area contributed by atoms with Gasteiger partial charge in [-0.1, -0.05) is 6.07 Å². The van der Waals surface area contributed by atoms with Gasteiger partial charge in [-0.2, -0.15) is 0 Å². The molecule has 20 heavy (non-hydrogen) atoms. The number of aliphatic carboxylic acids is 1. The summed E-state index contributed by atoms with van der Waals surface area (Å²) in [5.74, 6) is 0.520. The summed E-state index contributed by atoms with van der Waals surface area (Å²) < 4.78 is 11.5. The first kappa shape index (κ1) is 13.2. The SMILES string of the molecule is Cc1cc(C2CC(C(=O)O)CN2)c2c(c1C)OCCO2. The number of carboxylic acid groups (broad SMARTS) is 1. The smallest absolute Gasteiger partial charge is 0.307 e. The van der Waals surface area contributed by atoms with Gasteiger partial charge in [-0.15, -0.1) is 0 Å². The first-order valence-electron chi connectivity index (χ1n) is 6.94. The predicted octanol–water partition coefficient (Wildman–Crippen LogP) is 1.81. The highest BCUT2D eigenvalue weighted by molar-refractivity contribution is 5.71. The maximum Gasteiger partial charge on any atom is 0.307 e. The fourth-order valence-corrected chi connectivity index (χ4v) is 2.92. The lowest BCUT2D eigenvalue weighted by atomic mass is 9.95.